The molecule has 0 amide bonds. The molecule has 7 heteroatoms. The normalized spacial score (nSPS) is 26.1. The van der Waals surface area contributed by atoms with Crippen molar-refractivity contribution in [2.75, 3.05) is 13.2 Å². The van der Waals surface area contributed by atoms with E-state index in [0.29, 0.717) is 13.3 Å². The van der Waals surface area contributed by atoms with E-state index in [2.05, 4.69) is 5.32 Å². The zero-order valence-corrected chi connectivity index (χ0v) is 15.2. The molecular weight excluding hydrogens is 377 g/mol. The lowest BCUT2D eigenvalue weighted by molar-refractivity contribution is -0.228. The van der Waals surface area contributed by atoms with Gasteiger partial charge in [0.2, 0.25) is 5.67 Å². The number of halogens is 5. The number of benzene rings is 2. The summed E-state index contributed by atoms with van der Waals surface area (Å²) in [6.07, 6.45) is -3.66. The first kappa shape index (κ1) is 19.2. The third kappa shape index (κ3) is 2.96. The molecule has 0 saturated carbocycles. The van der Waals surface area contributed by atoms with Gasteiger partial charge in [0, 0.05) is 16.5 Å². The summed E-state index contributed by atoms with van der Waals surface area (Å²) in [7, 11) is 0. The Balaban J connectivity index is 1.76. The summed E-state index contributed by atoms with van der Waals surface area (Å²) in [5, 5.41) is 3.39. The molecule has 3 atom stereocenters. The highest BCUT2D eigenvalue weighted by molar-refractivity contribution is 5.49. The number of nitrogens with one attached hydrogen (secondary N) is 1. The van der Waals surface area contributed by atoms with Crippen LogP contribution in [0.25, 0.3) is 0 Å². The Morgan fingerprint density at radius 3 is 2.50 bits per heavy atom. The zero-order chi connectivity index (χ0) is 20.2. The van der Waals surface area contributed by atoms with Gasteiger partial charge in [-0.2, -0.15) is 13.2 Å². The van der Waals surface area contributed by atoms with Gasteiger partial charge in [-0.3, -0.25) is 0 Å². The summed E-state index contributed by atoms with van der Waals surface area (Å²) in [4.78, 5) is 0. The highest BCUT2D eigenvalue weighted by atomic mass is 19.4. The van der Waals surface area contributed by atoms with Gasteiger partial charge in [0.25, 0.3) is 0 Å². The molecule has 2 aliphatic heterocycles. The molecule has 1 saturated heterocycles. The minimum Gasteiger partial charge on any atom is -0.492 e. The average molecular weight is 397 g/mol. The van der Waals surface area contributed by atoms with Gasteiger partial charge in [-0.25, -0.2) is 8.78 Å². The number of ether oxygens (including phenoxy) is 1. The van der Waals surface area contributed by atoms with Crippen molar-refractivity contribution >= 4 is 0 Å². The Labute approximate surface area is 159 Å². The van der Waals surface area contributed by atoms with Crippen LogP contribution in [0.2, 0.25) is 0 Å². The van der Waals surface area contributed by atoms with Crippen LogP contribution in [0.3, 0.4) is 0 Å². The van der Waals surface area contributed by atoms with Crippen LogP contribution in [0.1, 0.15) is 30.0 Å². The predicted octanol–water partition coefficient (Wildman–Crippen LogP) is 4.81. The van der Waals surface area contributed by atoms with Gasteiger partial charge in [-0.1, -0.05) is 24.3 Å². The molecule has 1 N–H and O–H groups in total. The number of hydrogen-bond donors (Lipinski definition) is 1. The SMILES string of the molecule is CC(F)(c1ccc2c(c1)OCC1NCCC21Cc1ccc(F)cc1)C(F)(F)F. The largest absolute Gasteiger partial charge is 0.492 e. The first-order valence-electron chi connectivity index (χ1n) is 9.15. The lowest BCUT2D eigenvalue weighted by atomic mass is 9.68. The molecule has 2 aliphatic rings. The second-order valence-corrected chi connectivity index (χ2v) is 7.74. The summed E-state index contributed by atoms with van der Waals surface area (Å²) in [6.45, 7) is 1.54. The number of hydrogen-bond acceptors (Lipinski definition) is 2. The summed E-state index contributed by atoms with van der Waals surface area (Å²) in [6, 6.07) is 10.1. The Hall–Kier alpha value is -2.15. The van der Waals surface area contributed by atoms with E-state index in [1.54, 1.807) is 18.2 Å². The molecule has 0 bridgehead atoms. The highest BCUT2D eigenvalue weighted by Gasteiger charge is 2.54. The Morgan fingerprint density at radius 2 is 1.82 bits per heavy atom. The van der Waals surface area contributed by atoms with Gasteiger partial charge in [-0.05, 0) is 50.1 Å². The maximum Gasteiger partial charge on any atom is 0.426 e. The molecule has 28 heavy (non-hydrogen) atoms. The fourth-order valence-corrected chi connectivity index (χ4v) is 4.34. The van der Waals surface area contributed by atoms with Crippen molar-refractivity contribution in [2.45, 2.75) is 43.1 Å². The van der Waals surface area contributed by atoms with Crippen molar-refractivity contribution in [1.29, 1.82) is 0 Å². The molecule has 3 unspecified atom stereocenters. The fraction of sp³-hybridized carbons (Fsp3) is 0.429. The molecule has 0 aliphatic carbocycles. The number of alkyl halides is 4. The minimum absolute atomic E-state index is 0.0183. The Morgan fingerprint density at radius 1 is 1.11 bits per heavy atom. The van der Waals surface area contributed by atoms with Crippen molar-refractivity contribution in [3.8, 4) is 5.75 Å². The highest BCUT2D eigenvalue weighted by Crippen LogP contribution is 2.49. The van der Waals surface area contributed by atoms with Crippen LogP contribution in [0.15, 0.2) is 42.5 Å². The standard InChI is InChI=1S/C21H20F5NO/c1-19(23,21(24,25)26)14-4-7-16-17(10-14)28-12-18-20(16,8-9-27-18)11-13-2-5-15(22)6-3-13/h2-7,10,18,27H,8-9,11-12H2,1H3. The van der Waals surface area contributed by atoms with Gasteiger partial charge in [0.15, 0.2) is 0 Å². The van der Waals surface area contributed by atoms with Gasteiger partial charge >= 0.3 is 6.18 Å². The van der Waals surface area contributed by atoms with Crippen molar-refractivity contribution in [2.24, 2.45) is 0 Å². The molecule has 2 heterocycles. The lowest BCUT2D eigenvalue weighted by Crippen LogP contribution is -2.49. The van der Waals surface area contributed by atoms with Gasteiger partial charge in [-0.15, -0.1) is 0 Å². The third-order valence-electron chi connectivity index (χ3n) is 6.06. The molecular formula is C21H20F5NO. The van der Waals surface area contributed by atoms with E-state index in [9.17, 15) is 22.0 Å². The van der Waals surface area contributed by atoms with Crippen LogP contribution >= 0.6 is 0 Å². The quantitative estimate of drug-likeness (QED) is 0.751. The predicted molar refractivity (Wildman–Crippen MR) is 94.6 cm³/mol. The van der Waals surface area contributed by atoms with Crippen molar-refractivity contribution in [3.63, 3.8) is 0 Å². The third-order valence-corrected chi connectivity index (χ3v) is 6.06. The van der Waals surface area contributed by atoms with Gasteiger partial charge in [0.1, 0.15) is 18.2 Å². The topological polar surface area (TPSA) is 21.3 Å². The smallest absolute Gasteiger partial charge is 0.426 e. The van der Waals surface area contributed by atoms with E-state index in [1.165, 1.54) is 24.3 Å². The molecule has 2 aromatic rings. The fourth-order valence-electron chi connectivity index (χ4n) is 4.34. The van der Waals surface area contributed by atoms with Crippen LogP contribution in [0, 0.1) is 5.82 Å². The second-order valence-electron chi connectivity index (χ2n) is 7.74. The summed E-state index contributed by atoms with van der Waals surface area (Å²) in [5.74, 6) is -0.0403. The molecule has 4 rings (SSSR count). The number of fused-ring (bicyclic) bond motifs is 3. The zero-order valence-electron chi connectivity index (χ0n) is 15.2. The van der Waals surface area contributed by atoms with E-state index in [0.717, 1.165) is 24.1 Å². The maximum absolute atomic E-state index is 14.4. The van der Waals surface area contributed by atoms with E-state index >= 15 is 0 Å². The van der Waals surface area contributed by atoms with Gasteiger partial charge in [0.05, 0.1) is 6.04 Å². The molecule has 2 nitrogen and oxygen atoms in total. The molecule has 0 radical (unpaired) electrons. The van der Waals surface area contributed by atoms with Crippen LogP contribution in [0.5, 0.6) is 5.75 Å². The lowest BCUT2D eigenvalue weighted by Gasteiger charge is -2.41. The Kier molecular flexibility index (Phi) is 4.41. The van der Waals surface area contributed by atoms with Crippen molar-refractivity contribution < 1.29 is 26.7 Å². The first-order chi connectivity index (χ1) is 13.1. The van der Waals surface area contributed by atoms with Crippen LogP contribution < -0.4 is 10.1 Å². The molecule has 150 valence electrons. The summed E-state index contributed by atoms with van der Waals surface area (Å²) in [5.41, 5.74) is -2.63. The molecule has 1 fully saturated rings. The monoisotopic (exact) mass is 397 g/mol. The van der Waals surface area contributed by atoms with E-state index < -0.39 is 22.8 Å². The van der Waals surface area contributed by atoms with Crippen LogP contribution in [0.4, 0.5) is 22.0 Å². The van der Waals surface area contributed by atoms with Crippen molar-refractivity contribution in [3.05, 3.63) is 65.0 Å². The van der Waals surface area contributed by atoms with Crippen molar-refractivity contribution in [1.82, 2.24) is 5.32 Å². The minimum atomic E-state index is -5.01. The molecule has 0 spiro atoms. The second kappa shape index (κ2) is 6.44. The van der Waals surface area contributed by atoms with Gasteiger partial charge < -0.3 is 10.1 Å². The van der Waals surface area contributed by atoms with E-state index in [-0.39, 0.29) is 24.2 Å². The van der Waals surface area contributed by atoms with E-state index in [1.807, 2.05) is 0 Å². The Bertz CT molecular complexity index is 877. The first-order valence-corrected chi connectivity index (χ1v) is 9.15. The summed E-state index contributed by atoms with van der Waals surface area (Å²) >= 11 is 0. The summed E-state index contributed by atoms with van der Waals surface area (Å²) < 4.78 is 72.7. The number of rotatable bonds is 3. The molecule has 0 aromatic heterocycles. The average Bonchev–Trinajstić information content (AvgIpc) is 3.06. The maximum atomic E-state index is 14.4. The van der Waals surface area contributed by atoms with Crippen LogP contribution in [-0.2, 0) is 17.5 Å². The van der Waals surface area contributed by atoms with E-state index in [4.69, 9.17) is 4.74 Å². The molecule has 2 aromatic carbocycles. The van der Waals surface area contributed by atoms with Crippen LogP contribution in [-0.4, -0.2) is 25.4 Å².